The molecule has 0 aromatic heterocycles. The van der Waals surface area contributed by atoms with Gasteiger partial charge in [-0.15, -0.1) is 0 Å². The average Bonchev–Trinajstić information content (AvgIpc) is 3.27. The lowest BCUT2D eigenvalue weighted by Crippen LogP contribution is -2.52. The first-order valence-electron chi connectivity index (χ1n) is 13.0. The third kappa shape index (κ3) is 8.35. The molecular formula is C31H34N2O5S. The highest BCUT2D eigenvalue weighted by atomic mass is 32.2. The molecule has 2 atom stereocenters. The Hall–Kier alpha value is -3.78. The Morgan fingerprint density at radius 2 is 1.59 bits per heavy atom. The van der Waals surface area contributed by atoms with E-state index in [-0.39, 0.29) is 24.5 Å². The number of hydrogen-bond donors (Lipinski definition) is 1. The highest BCUT2D eigenvalue weighted by Crippen LogP contribution is 2.31. The summed E-state index contributed by atoms with van der Waals surface area (Å²) in [5, 5.41) is 2.11. The van der Waals surface area contributed by atoms with Crippen molar-refractivity contribution in [2.75, 3.05) is 6.54 Å². The minimum absolute atomic E-state index is 0.00635. The van der Waals surface area contributed by atoms with Gasteiger partial charge in [0.25, 0.3) is 0 Å². The molecular weight excluding hydrogens is 512 g/mol. The molecule has 1 N–H and O–H groups in total. The number of nitrogens with zero attached hydrogens (tertiary/aromatic N) is 1. The quantitative estimate of drug-likeness (QED) is 0.375. The number of Topliss-reactive ketones (excluding diaryl/α,β-unsaturated/α-hetero) is 1. The van der Waals surface area contributed by atoms with Crippen molar-refractivity contribution in [3.63, 3.8) is 0 Å². The van der Waals surface area contributed by atoms with E-state index in [1.807, 2.05) is 84.9 Å². The molecule has 0 spiro atoms. The average molecular weight is 547 g/mol. The second-order valence-corrected chi connectivity index (χ2v) is 11.5. The van der Waals surface area contributed by atoms with Crippen LogP contribution in [0.15, 0.2) is 89.8 Å². The highest BCUT2D eigenvalue weighted by molar-refractivity contribution is 8.00. The van der Waals surface area contributed by atoms with Crippen LogP contribution in [0.3, 0.4) is 0 Å². The molecule has 0 unspecified atom stereocenters. The minimum atomic E-state index is -0.902. The van der Waals surface area contributed by atoms with Gasteiger partial charge in [0.05, 0.1) is 0 Å². The lowest BCUT2D eigenvalue weighted by molar-refractivity contribution is -0.134. The van der Waals surface area contributed by atoms with Crippen LogP contribution in [-0.2, 0) is 27.4 Å². The number of nitrogens with one attached hydrogen (secondary N) is 1. The predicted octanol–water partition coefficient (Wildman–Crippen LogP) is 5.62. The largest absolute Gasteiger partial charge is 0.489 e. The van der Waals surface area contributed by atoms with E-state index < -0.39 is 23.1 Å². The summed E-state index contributed by atoms with van der Waals surface area (Å²) in [6.45, 7) is 6.06. The van der Waals surface area contributed by atoms with Crippen LogP contribution in [0.5, 0.6) is 5.75 Å². The number of thioether (sulfide) groups is 1. The maximum Gasteiger partial charge on any atom is 0.408 e. The minimum Gasteiger partial charge on any atom is -0.489 e. The molecule has 3 aromatic rings. The number of ketones is 1. The van der Waals surface area contributed by atoms with Crippen molar-refractivity contribution in [1.29, 1.82) is 0 Å². The fraction of sp³-hybridized carbons (Fsp3) is 0.323. The third-order valence-electron chi connectivity index (χ3n) is 6.03. The first kappa shape index (κ1) is 28.2. The Kier molecular flexibility index (Phi) is 9.30. The highest BCUT2D eigenvalue weighted by Gasteiger charge is 2.40. The summed E-state index contributed by atoms with van der Waals surface area (Å²) >= 11 is 1.35. The monoisotopic (exact) mass is 546 g/mol. The Morgan fingerprint density at radius 1 is 0.949 bits per heavy atom. The van der Waals surface area contributed by atoms with Crippen molar-refractivity contribution in [3.05, 3.63) is 96.1 Å². The topological polar surface area (TPSA) is 84.9 Å². The lowest BCUT2D eigenvalue weighted by atomic mass is 10.0. The number of carbonyl (C=O) groups is 3. The van der Waals surface area contributed by atoms with E-state index >= 15 is 0 Å². The second-order valence-electron chi connectivity index (χ2n) is 10.4. The van der Waals surface area contributed by atoms with Crippen LogP contribution in [0.4, 0.5) is 4.79 Å². The van der Waals surface area contributed by atoms with Crippen molar-refractivity contribution in [3.8, 4) is 5.75 Å². The molecule has 1 aliphatic rings. The Balaban J connectivity index is 1.48. The van der Waals surface area contributed by atoms with E-state index in [0.29, 0.717) is 18.9 Å². The van der Waals surface area contributed by atoms with Gasteiger partial charge in [0.1, 0.15) is 29.4 Å². The molecule has 204 valence electrons. The van der Waals surface area contributed by atoms with Crippen LogP contribution in [0.25, 0.3) is 0 Å². The van der Waals surface area contributed by atoms with Gasteiger partial charge in [-0.2, -0.15) is 0 Å². The molecule has 0 bridgehead atoms. The number of ether oxygens (including phenoxy) is 2. The summed E-state index contributed by atoms with van der Waals surface area (Å²) in [4.78, 5) is 41.7. The smallest absolute Gasteiger partial charge is 0.408 e. The van der Waals surface area contributed by atoms with E-state index in [9.17, 15) is 14.4 Å². The van der Waals surface area contributed by atoms with Gasteiger partial charge in [-0.25, -0.2) is 4.79 Å². The summed E-state index contributed by atoms with van der Waals surface area (Å²) in [6, 6.07) is 26.0. The standard InChI is InChI=1S/C31H34N2O5S/c1-31(2,3)38-30(36)32-26(20-22-14-16-24(17-15-22)37-21-23-10-6-4-7-11-23)28(35)33-19-18-27(34)29(33)39-25-12-8-5-9-13-25/h4-17,26,29H,18-21H2,1-3H3,(H,32,36)/t26-,29+/m0/s1. The van der Waals surface area contributed by atoms with Crippen molar-refractivity contribution in [1.82, 2.24) is 10.2 Å². The fourth-order valence-electron chi connectivity index (χ4n) is 4.18. The number of benzene rings is 3. The van der Waals surface area contributed by atoms with Gasteiger partial charge in [-0.3, -0.25) is 9.59 Å². The van der Waals surface area contributed by atoms with Gasteiger partial charge < -0.3 is 19.7 Å². The predicted molar refractivity (Wildman–Crippen MR) is 152 cm³/mol. The number of hydrogen-bond acceptors (Lipinski definition) is 6. The summed E-state index contributed by atoms with van der Waals surface area (Å²) < 4.78 is 11.3. The molecule has 8 heteroatoms. The van der Waals surface area contributed by atoms with Gasteiger partial charge in [-0.1, -0.05) is 72.4 Å². The zero-order valence-electron chi connectivity index (χ0n) is 22.5. The van der Waals surface area contributed by atoms with Gasteiger partial charge in [0, 0.05) is 24.3 Å². The van der Waals surface area contributed by atoms with Crippen LogP contribution in [0.1, 0.15) is 38.3 Å². The van der Waals surface area contributed by atoms with Gasteiger partial charge in [0.15, 0.2) is 5.78 Å². The van der Waals surface area contributed by atoms with E-state index in [4.69, 9.17) is 9.47 Å². The SMILES string of the molecule is CC(C)(C)OC(=O)N[C@@H](Cc1ccc(OCc2ccccc2)cc1)C(=O)N1CCC(=O)[C@H]1Sc1ccccc1. The summed E-state index contributed by atoms with van der Waals surface area (Å²) in [7, 11) is 0. The number of amides is 2. The molecule has 0 saturated carbocycles. The Bertz CT molecular complexity index is 1260. The lowest BCUT2D eigenvalue weighted by Gasteiger charge is -2.29. The molecule has 1 heterocycles. The molecule has 7 nitrogen and oxygen atoms in total. The fourth-order valence-corrected chi connectivity index (χ4v) is 5.33. The van der Waals surface area contributed by atoms with E-state index in [1.54, 1.807) is 25.7 Å². The van der Waals surface area contributed by atoms with Crippen LogP contribution in [0.2, 0.25) is 0 Å². The Labute approximate surface area is 233 Å². The van der Waals surface area contributed by atoms with Crippen LogP contribution >= 0.6 is 11.8 Å². The van der Waals surface area contributed by atoms with Crippen molar-refractivity contribution in [2.24, 2.45) is 0 Å². The zero-order chi connectivity index (χ0) is 27.8. The van der Waals surface area contributed by atoms with Crippen molar-refractivity contribution >= 4 is 29.5 Å². The molecule has 0 radical (unpaired) electrons. The third-order valence-corrected chi connectivity index (χ3v) is 7.32. The molecule has 0 aliphatic carbocycles. The van der Waals surface area contributed by atoms with Gasteiger partial charge in [-0.05, 0) is 56.2 Å². The molecule has 39 heavy (non-hydrogen) atoms. The van der Waals surface area contributed by atoms with E-state index in [2.05, 4.69) is 5.32 Å². The number of alkyl carbamates (subject to hydrolysis) is 1. The molecule has 1 aliphatic heterocycles. The summed E-state index contributed by atoms with van der Waals surface area (Å²) in [5.74, 6) is 0.382. The first-order chi connectivity index (χ1) is 18.7. The van der Waals surface area contributed by atoms with Crippen molar-refractivity contribution in [2.45, 2.75) is 62.1 Å². The first-order valence-corrected chi connectivity index (χ1v) is 13.9. The Morgan fingerprint density at radius 3 is 2.23 bits per heavy atom. The second kappa shape index (κ2) is 12.8. The number of carbonyl (C=O) groups excluding carboxylic acids is 3. The van der Waals surface area contributed by atoms with Crippen molar-refractivity contribution < 1.29 is 23.9 Å². The molecule has 4 rings (SSSR count). The van der Waals surface area contributed by atoms with Crippen LogP contribution in [-0.4, -0.2) is 46.2 Å². The van der Waals surface area contributed by atoms with Gasteiger partial charge in [0.2, 0.25) is 5.91 Å². The van der Waals surface area contributed by atoms with Crippen LogP contribution in [0, 0.1) is 0 Å². The van der Waals surface area contributed by atoms with E-state index in [0.717, 1.165) is 16.0 Å². The normalized spacial score (nSPS) is 16.0. The number of rotatable bonds is 9. The molecule has 1 saturated heterocycles. The zero-order valence-corrected chi connectivity index (χ0v) is 23.3. The number of likely N-dealkylation sites (tertiary alicyclic amines) is 1. The summed E-state index contributed by atoms with van der Waals surface area (Å²) in [6.07, 6.45) is -0.158. The maximum atomic E-state index is 13.8. The van der Waals surface area contributed by atoms with E-state index in [1.165, 1.54) is 11.8 Å². The molecule has 3 aromatic carbocycles. The summed E-state index contributed by atoms with van der Waals surface area (Å²) in [5.41, 5.74) is 1.19. The molecule has 2 amide bonds. The van der Waals surface area contributed by atoms with Crippen LogP contribution < -0.4 is 10.1 Å². The maximum absolute atomic E-state index is 13.8. The molecule has 1 fully saturated rings. The van der Waals surface area contributed by atoms with Gasteiger partial charge >= 0.3 is 6.09 Å².